The molecule has 0 aliphatic heterocycles. The molecule has 0 atom stereocenters. The Hall–Kier alpha value is -2.13. The first-order valence-corrected chi connectivity index (χ1v) is 9.25. The second-order valence-electron chi connectivity index (χ2n) is 4.73. The molecule has 0 radical (unpaired) electrons. The number of carbonyl (C=O) groups is 2. The van der Waals surface area contributed by atoms with Gasteiger partial charge in [-0.25, -0.2) is 0 Å². The van der Waals surface area contributed by atoms with Gasteiger partial charge in [0.05, 0.1) is 12.3 Å². The minimum atomic E-state index is -0.208. The van der Waals surface area contributed by atoms with E-state index >= 15 is 0 Å². The highest BCUT2D eigenvalue weighted by Crippen LogP contribution is 2.25. The van der Waals surface area contributed by atoms with Crippen molar-refractivity contribution in [3.8, 4) is 0 Å². The lowest BCUT2D eigenvalue weighted by atomic mass is 10.2. The summed E-state index contributed by atoms with van der Waals surface area (Å²) >= 11 is 2.69. The Kier molecular flexibility index (Phi) is 7.50. The standard InChI is InChI=1S/C15H19N5O2S2/c1-2-16-12(21)9-17-13(22)10-23-15-20-19-14(24-15)18-8-11-6-4-3-5-7-11/h3-7H,2,8-10H2,1H3,(H,16,21)(H,17,22)(H,18,19). The SMILES string of the molecule is CCNC(=O)CNC(=O)CSc1nnc(NCc2ccccc2)s1. The van der Waals surface area contributed by atoms with Crippen LogP contribution >= 0.6 is 23.1 Å². The van der Waals surface area contributed by atoms with Crippen molar-refractivity contribution in [2.45, 2.75) is 17.8 Å². The van der Waals surface area contributed by atoms with Crippen LogP contribution in [-0.2, 0) is 16.1 Å². The zero-order chi connectivity index (χ0) is 17.2. The number of likely N-dealkylation sites (N-methyl/N-ethyl adjacent to an activating group) is 1. The van der Waals surface area contributed by atoms with Crippen molar-refractivity contribution in [3.05, 3.63) is 35.9 Å². The van der Waals surface area contributed by atoms with E-state index in [1.807, 2.05) is 37.3 Å². The Labute approximate surface area is 148 Å². The van der Waals surface area contributed by atoms with Crippen LogP contribution in [0.1, 0.15) is 12.5 Å². The van der Waals surface area contributed by atoms with Crippen LogP contribution in [0.15, 0.2) is 34.7 Å². The summed E-state index contributed by atoms with van der Waals surface area (Å²) in [6.45, 7) is 3.04. The van der Waals surface area contributed by atoms with E-state index in [2.05, 4.69) is 26.1 Å². The lowest BCUT2D eigenvalue weighted by molar-refractivity contribution is -0.124. The Morgan fingerprint density at radius 2 is 1.92 bits per heavy atom. The fourth-order valence-electron chi connectivity index (χ4n) is 1.73. The van der Waals surface area contributed by atoms with Gasteiger partial charge in [0.25, 0.3) is 0 Å². The zero-order valence-corrected chi connectivity index (χ0v) is 14.9. The lowest BCUT2D eigenvalue weighted by Crippen LogP contribution is -2.37. The molecule has 0 saturated carbocycles. The normalized spacial score (nSPS) is 10.2. The number of amides is 2. The maximum Gasteiger partial charge on any atom is 0.239 e. The second-order valence-corrected chi connectivity index (χ2v) is 6.93. The molecule has 1 aromatic carbocycles. The van der Waals surface area contributed by atoms with Gasteiger partial charge < -0.3 is 16.0 Å². The van der Waals surface area contributed by atoms with Crippen LogP contribution in [0.3, 0.4) is 0 Å². The highest BCUT2D eigenvalue weighted by atomic mass is 32.2. The molecule has 0 saturated heterocycles. The molecule has 0 unspecified atom stereocenters. The smallest absolute Gasteiger partial charge is 0.239 e. The van der Waals surface area contributed by atoms with Crippen LogP contribution in [0.25, 0.3) is 0 Å². The minimum Gasteiger partial charge on any atom is -0.356 e. The molecule has 2 amide bonds. The van der Waals surface area contributed by atoms with E-state index in [0.717, 1.165) is 5.56 Å². The predicted molar refractivity (Wildman–Crippen MR) is 96.1 cm³/mol. The molecule has 3 N–H and O–H groups in total. The molecule has 2 aromatic rings. The second kappa shape index (κ2) is 9.89. The summed E-state index contributed by atoms with van der Waals surface area (Å²) in [6.07, 6.45) is 0. The number of benzene rings is 1. The van der Waals surface area contributed by atoms with Crippen LogP contribution in [-0.4, -0.2) is 40.9 Å². The summed E-state index contributed by atoms with van der Waals surface area (Å²) in [6, 6.07) is 10.0. The summed E-state index contributed by atoms with van der Waals surface area (Å²) in [5.41, 5.74) is 1.16. The van der Waals surface area contributed by atoms with Crippen LogP contribution < -0.4 is 16.0 Å². The molecule has 0 aliphatic rings. The molecule has 0 spiro atoms. The number of thioether (sulfide) groups is 1. The summed E-state index contributed by atoms with van der Waals surface area (Å²) in [7, 11) is 0. The van der Waals surface area contributed by atoms with E-state index in [1.165, 1.54) is 23.1 Å². The molecule has 7 nitrogen and oxygen atoms in total. The lowest BCUT2D eigenvalue weighted by Gasteiger charge is -2.04. The molecule has 9 heteroatoms. The van der Waals surface area contributed by atoms with E-state index in [-0.39, 0.29) is 24.1 Å². The highest BCUT2D eigenvalue weighted by Gasteiger charge is 2.09. The van der Waals surface area contributed by atoms with Crippen molar-refractivity contribution < 1.29 is 9.59 Å². The number of nitrogens with zero attached hydrogens (tertiary/aromatic N) is 2. The van der Waals surface area contributed by atoms with E-state index < -0.39 is 0 Å². The van der Waals surface area contributed by atoms with Gasteiger partial charge in [0.2, 0.25) is 16.9 Å². The third-order valence-electron chi connectivity index (χ3n) is 2.84. The van der Waals surface area contributed by atoms with Gasteiger partial charge >= 0.3 is 0 Å². The fraction of sp³-hybridized carbons (Fsp3) is 0.333. The predicted octanol–water partition coefficient (Wildman–Crippen LogP) is 1.49. The average molecular weight is 365 g/mol. The van der Waals surface area contributed by atoms with Gasteiger partial charge in [0, 0.05) is 13.1 Å². The van der Waals surface area contributed by atoms with Crippen LogP contribution in [0.4, 0.5) is 5.13 Å². The number of anilines is 1. The minimum absolute atomic E-state index is 0.00671. The first-order valence-electron chi connectivity index (χ1n) is 7.45. The average Bonchev–Trinajstić information content (AvgIpc) is 3.05. The molecule has 0 fully saturated rings. The molecule has 1 aromatic heterocycles. The number of nitrogens with one attached hydrogen (secondary N) is 3. The van der Waals surface area contributed by atoms with Crippen molar-refractivity contribution in [3.63, 3.8) is 0 Å². The maximum atomic E-state index is 11.7. The number of carbonyl (C=O) groups excluding carboxylic acids is 2. The summed E-state index contributed by atoms with van der Waals surface area (Å²) in [5.74, 6) is -0.202. The molecule has 0 bridgehead atoms. The van der Waals surface area contributed by atoms with Gasteiger partial charge in [-0.05, 0) is 12.5 Å². The zero-order valence-electron chi connectivity index (χ0n) is 13.2. The molecule has 0 aliphatic carbocycles. The van der Waals surface area contributed by atoms with Gasteiger partial charge in [-0.1, -0.05) is 53.4 Å². The Morgan fingerprint density at radius 3 is 2.67 bits per heavy atom. The monoisotopic (exact) mass is 365 g/mol. The van der Waals surface area contributed by atoms with Crippen LogP contribution in [0, 0.1) is 0 Å². The molecule has 24 heavy (non-hydrogen) atoms. The van der Waals surface area contributed by atoms with Crippen LogP contribution in [0.5, 0.6) is 0 Å². The van der Waals surface area contributed by atoms with Gasteiger partial charge in [0.1, 0.15) is 0 Å². The molecule has 1 heterocycles. The number of aromatic nitrogens is 2. The van der Waals surface area contributed by atoms with E-state index in [0.29, 0.717) is 22.6 Å². The maximum absolute atomic E-state index is 11.7. The highest BCUT2D eigenvalue weighted by molar-refractivity contribution is 8.01. The number of hydrogen-bond acceptors (Lipinski definition) is 7. The van der Waals surface area contributed by atoms with E-state index in [1.54, 1.807) is 0 Å². The summed E-state index contributed by atoms with van der Waals surface area (Å²) < 4.78 is 0.707. The Balaban J connectivity index is 1.69. The van der Waals surface area contributed by atoms with Gasteiger partial charge in [-0.3, -0.25) is 9.59 Å². The van der Waals surface area contributed by atoms with Gasteiger partial charge in [-0.15, -0.1) is 10.2 Å². The first-order chi connectivity index (χ1) is 11.7. The molecule has 2 rings (SSSR count). The third-order valence-corrected chi connectivity index (χ3v) is 4.85. The largest absolute Gasteiger partial charge is 0.356 e. The van der Waals surface area contributed by atoms with Crippen molar-refractivity contribution in [1.29, 1.82) is 0 Å². The molecule has 128 valence electrons. The van der Waals surface area contributed by atoms with Gasteiger partial charge in [-0.2, -0.15) is 0 Å². The molecular formula is C15H19N5O2S2. The number of hydrogen-bond donors (Lipinski definition) is 3. The first kappa shape index (κ1) is 18.2. The van der Waals surface area contributed by atoms with Crippen molar-refractivity contribution >= 4 is 40.0 Å². The summed E-state index contributed by atoms with van der Waals surface area (Å²) in [5, 5.41) is 17.2. The van der Waals surface area contributed by atoms with Crippen molar-refractivity contribution in [2.75, 3.05) is 24.2 Å². The Bertz CT molecular complexity index is 663. The third kappa shape index (κ3) is 6.55. The van der Waals surface area contributed by atoms with E-state index in [4.69, 9.17) is 0 Å². The fourth-order valence-corrected chi connectivity index (χ4v) is 3.31. The van der Waals surface area contributed by atoms with E-state index in [9.17, 15) is 9.59 Å². The topological polar surface area (TPSA) is 96.0 Å². The van der Waals surface area contributed by atoms with Crippen molar-refractivity contribution in [2.24, 2.45) is 0 Å². The quantitative estimate of drug-likeness (QED) is 0.583. The van der Waals surface area contributed by atoms with Gasteiger partial charge in [0.15, 0.2) is 4.34 Å². The summed E-state index contributed by atoms with van der Waals surface area (Å²) in [4.78, 5) is 22.9. The van der Waals surface area contributed by atoms with Crippen molar-refractivity contribution in [1.82, 2.24) is 20.8 Å². The van der Waals surface area contributed by atoms with Crippen LogP contribution in [0.2, 0.25) is 0 Å². The Morgan fingerprint density at radius 1 is 1.12 bits per heavy atom. The molecular weight excluding hydrogens is 346 g/mol. The number of rotatable bonds is 9.